The third-order valence-corrected chi connectivity index (χ3v) is 6.18. The third kappa shape index (κ3) is 7.27. The first-order valence-electron chi connectivity index (χ1n) is 9.68. The van der Waals surface area contributed by atoms with Gasteiger partial charge in [0, 0.05) is 29.8 Å². The Kier molecular flexibility index (Phi) is 9.93. The van der Waals surface area contributed by atoms with Gasteiger partial charge in [-0.05, 0) is 0 Å². The van der Waals surface area contributed by atoms with E-state index in [1.807, 2.05) is 0 Å². The number of carbonyl (C=O) groups is 5. The number of anilines is 1. The molecule has 0 spiro atoms. The van der Waals surface area contributed by atoms with Crippen LogP contribution < -0.4 is 11.1 Å². The van der Waals surface area contributed by atoms with Gasteiger partial charge in [-0.3, -0.25) is 19.3 Å². The lowest BCUT2D eigenvalue weighted by atomic mass is 10.0. The maximum absolute atomic E-state index is 12.6. The summed E-state index contributed by atoms with van der Waals surface area (Å²) in [7, 11) is 0. The number of nitrogen functional groups attached to an aromatic ring is 1. The maximum Gasteiger partial charge on any atom is 0.490 e. The van der Waals surface area contributed by atoms with E-state index in [-0.39, 0.29) is 34.6 Å². The number of aromatic nitrogens is 2. The number of rotatable bonds is 8. The number of hydrogen-bond donors (Lipinski definition) is 4. The van der Waals surface area contributed by atoms with Crippen LogP contribution in [0.5, 0.6) is 0 Å². The molecule has 2 atom stereocenters. The maximum atomic E-state index is 12.6. The van der Waals surface area contributed by atoms with Crippen molar-refractivity contribution in [2.45, 2.75) is 24.5 Å². The predicted octanol–water partition coefficient (Wildman–Crippen LogP) is -0.297. The molecule has 2 aliphatic heterocycles. The number of oxime groups is 1. The van der Waals surface area contributed by atoms with Crippen molar-refractivity contribution in [1.29, 1.82) is 0 Å². The highest BCUT2D eigenvalue weighted by atomic mass is 32.2. The molecule has 3 heterocycles. The number of nitrogens with two attached hydrogens (primary N) is 1. The highest BCUT2D eigenvalue weighted by Gasteiger charge is 2.54. The molecule has 0 bridgehead atoms. The SMILES string of the molecule is CC(=O)OCC1=C(C(=O)O)N2C(=O)[C@@H](NC(=O)/C(=N\OCF)c3nsc(N)n3)[C@@H]2SC1.O=C(O)C(F)(F)F. The summed E-state index contributed by atoms with van der Waals surface area (Å²) >= 11 is 1.95. The Morgan fingerprint density at radius 3 is 2.39 bits per heavy atom. The van der Waals surface area contributed by atoms with Crippen molar-refractivity contribution in [3.63, 3.8) is 0 Å². The number of fused-ring (bicyclic) bond motifs is 1. The van der Waals surface area contributed by atoms with E-state index < -0.39 is 59.9 Å². The van der Waals surface area contributed by atoms with Gasteiger partial charge in [-0.25, -0.2) is 14.0 Å². The van der Waals surface area contributed by atoms with Gasteiger partial charge in [0.25, 0.3) is 18.7 Å². The topological polar surface area (TPSA) is 224 Å². The second-order valence-corrected chi connectivity index (χ2v) is 8.72. The standard InChI is InChI=1S/C15H15FN6O7S2.C2HF3O2/c1-5(23)28-2-6-3-30-13-8(12(25)22(13)9(6)14(26)27)18-11(24)7(20-29-4-16)10-19-15(17)31-21-10;3-2(4,5)1(6)7/h8,13H,2-4H2,1H3,(H,18,24)(H,26,27)(H2,17,19,21);(H,6,7)/b20-7-;/t8-,13+;/m1./s1. The number of alkyl halides is 4. The highest BCUT2D eigenvalue weighted by molar-refractivity contribution is 8.00. The second kappa shape index (κ2) is 12.5. The minimum Gasteiger partial charge on any atom is -0.477 e. The van der Waals surface area contributed by atoms with Crippen molar-refractivity contribution in [3.8, 4) is 0 Å². The van der Waals surface area contributed by atoms with Crippen LogP contribution in [-0.2, 0) is 33.5 Å². The molecule has 5 N–H and O–H groups in total. The normalized spacial score (nSPS) is 18.9. The summed E-state index contributed by atoms with van der Waals surface area (Å²) in [5.41, 5.74) is 4.93. The van der Waals surface area contributed by atoms with Gasteiger partial charge < -0.3 is 30.8 Å². The number of nitrogens with one attached hydrogen (secondary N) is 1. The quantitative estimate of drug-likeness (QED) is 0.101. The molecule has 2 aliphatic rings. The fourth-order valence-electron chi connectivity index (χ4n) is 2.80. The van der Waals surface area contributed by atoms with Crippen molar-refractivity contribution >= 4 is 63.9 Å². The van der Waals surface area contributed by atoms with Gasteiger partial charge in [-0.1, -0.05) is 5.16 Å². The van der Waals surface area contributed by atoms with E-state index in [1.165, 1.54) is 18.7 Å². The molecular formula is C17H16F4N6O9S2. The van der Waals surface area contributed by atoms with E-state index >= 15 is 0 Å². The van der Waals surface area contributed by atoms with Gasteiger partial charge in [0.1, 0.15) is 23.7 Å². The first-order valence-corrected chi connectivity index (χ1v) is 11.5. The van der Waals surface area contributed by atoms with Crippen LogP contribution >= 0.6 is 23.3 Å². The first-order chi connectivity index (χ1) is 17.7. The number of carboxylic acids is 2. The summed E-state index contributed by atoms with van der Waals surface area (Å²) < 4.78 is 52.7. The molecule has 1 saturated heterocycles. The number of β-lactam (4-membered cyclic amide) rings is 1. The van der Waals surface area contributed by atoms with Crippen LogP contribution in [0, 0.1) is 0 Å². The van der Waals surface area contributed by atoms with Crippen LogP contribution in [-0.4, -0.2) is 96.7 Å². The minimum atomic E-state index is -5.08. The Balaban J connectivity index is 0.000000638. The van der Waals surface area contributed by atoms with E-state index in [0.717, 1.165) is 16.4 Å². The predicted molar refractivity (Wildman–Crippen MR) is 118 cm³/mol. The van der Waals surface area contributed by atoms with E-state index in [9.17, 15) is 41.8 Å². The summed E-state index contributed by atoms with van der Waals surface area (Å²) in [5.74, 6) is -6.41. The van der Waals surface area contributed by atoms with E-state index in [1.54, 1.807) is 0 Å². The van der Waals surface area contributed by atoms with Crippen LogP contribution in [0.25, 0.3) is 0 Å². The molecule has 15 nitrogen and oxygen atoms in total. The second-order valence-electron chi connectivity index (χ2n) is 6.84. The molecule has 0 aromatic carbocycles. The van der Waals surface area contributed by atoms with E-state index in [4.69, 9.17) is 20.4 Å². The molecule has 1 aromatic rings. The molecule has 0 radical (unpaired) electrons. The summed E-state index contributed by atoms with van der Waals surface area (Å²) in [4.78, 5) is 65.9. The van der Waals surface area contributed by atoms with Crippen LogP contribution in [0.1, 0.15) is 12.7 Å². The van der Waals surface area contributed by atoms with Gasteiger partial charge >= 0.3 is 24.1 Å². The average Bonchev–Trinajstić information content (AvgIpc) is 3.26. The van der Waals surface area contributed by atoms with Gasteiger partial charge in [-0.2, -0.15) is 22.5 Å². The molecule has 1 fully saturated rings. The Hall–Kier alpha value is -4.01. The summed E-state index contributed by atoms with van der Waals surface area (Å²) in [6, 6.07) is -1.09. The number of hydrogen-bond acceptors (Lipinski definition) is 13. The molecule has 0 unspecified atom stereocenters. The van der Waals surface area contributed by atoms with Gasteiger partial charge in [-0.15, -0.1) is 11.8 Å². The van der Waals surface area contributed by atoms with Crippen LogP contribution in [0.15, 0.2) is 16.4 Å². The lowest BCUT2D eigenvalue weighted by Gasteiger charge is -2.49. The number of amides is 2. The van der Waals surface area contributed by atoms with Gasteiger partial charge in [0.2, 0.25) is 11.5 Å². The number of nitrogens with zero attached hydrogens (tertiary/aromatic N) is 4. The van der Waals surface area contributed by atoms with E-state index in [2.05, 4.69) is 24.7 Å². The zero-order valence-electron chi connectivity index (χ0n) is 18.7. The minimum absolute atomic E-state index is 0.0287. The number of carboxylic acid groups (broad SMARTS) is 2. The summed E-state index contributed by atoms with van der Waals surface area (Å²) in [6.45, 7) is -0.411. The van der Waals surface area contributed by atoms with Crippen LogP contribution in [0.4, 0.5) is 22.7 Å². The smallest absolute Gasteiger partial charge is 0.477 e. The zero-order valence-corrected chi connectivity index (χ0v) is 20.4. The Bertz CT molecular complexity index is 1190. The third-order valence-electron chi connectivity index (χ3n) is 4.30. The molecule has 208 valence electrons. The summed E-state index contributed by atoms with van der Waals surface area (Å²) in [6.07, 6.45) is -5.08. The number of thioether (sulfide) groups is 1. The van der Waals surface area contributed by atoms with Crippen molar-refractivity contribution in [1.82, 2.24) is 19.6 Å². The Morgan fingerprint density at radius 2 is 1.92 bits per heavy atom. The number of aliphatic carboxylic acids is 2. The lowest BCUT2D eigenvalue weighted by Crippen LogP contribution is -2.71. The molecule has 3 rings (SSSR count). The molecule has 2 amide bonds. The van der Waals surface area contributed by atoms with E-state index in [0.29, 0.717) is 0 Å². The molecule has 21 heteroatoms. The molecular weight excluding hydrogens is 572 g/mol. The molecule has 1 aromatic heterocycles. The number of halogens is 4. The zero-order chi connectivity index (χ0) is 28.8. The lowest BCUT2D eigenvalue weighted by molar-refractivity contribution is -0.192. The fraction of sp³-hybridized carbons (Fsp3) is 0.412. The van der Waals surface area contributed by atoms with Gasteiger partial charge in [0.05, 0.1) is 0 Å². The van der Waals surface area contributed by atoms with Crippen LogP contribution in [0.3, 0.4) is 0 Å². The molecule has 38 heavy (non-hydrogen) atoms. The van der Waals surface area contributed by atoms with Crippen molar-refractivity contribution in [3.05, 3.63) is 17.1 Å². The largest absolute Gasteiger partial charge is 0.490 e. The Morgan fingerprint density at radius 1 is 1.29 bits per heavy atom. The highest BCUT2D eigenvalue weighted by Crippen LogP contribution is 2.40. The summed E-state index contributed by atoms with van der Waals surface area (Å²) in [5, 5.41) is 21.7. The molecule has 0 saturated carbocycles. The van der Waals surface area contributed by atoms with Crippen molar-refractivity contribution in [2.75, 3.05) is 25.0 Å². The number of carbonyl (C=O) groups excluding carboxylic acids is 3. The number of ether oxygens (including phenoxy) is 1. The Labute approximate surface area is 216 Å². The first kappa shape index (κ1) is 30.2. The van der Waals surface area contributed by atoms with Gasteiger partial charge in [0.15, 0.2) is 5.13 Å². The monoisotopic (exact) mass is 588 g/mol. The molecule has 0 aliphatic carbocycles. The number of esters is 1. The average molecular weight is 588 g/mol. The fourth-order valence-corrected chi connectivity index (χ4v) is 4.56. The van der Waals surface area contributed by atoms with Crippen molar-refractivity contribution in [2.24, 2.45) is 5.16 Å². The van der Waals surface area contributed by atoms with Crippen molar-refractivity contribution < 1.29 is 61.3 Å². The van der Waals surface area contributed by atoms with Crippen LogP contribution in [0.2, 0.25) is 0 Å².